The number of hydrogen-bond donors (Lipinski definition) is 2. The zero-order valence-electron chi connectivity index (χ0n) is 12.2. The van der Waals surface area contributed by atoms with Crippen LogP contribution < -0.4 is 11.1 Å². The summed E-state index contributed by atoms with van der Waals surface area (Å²) < 4.78 is 0. The maximum Gasteiger partial charge on any atom is 0.239 e. The minimum Gasteiger partial charge on any atom is -0.399 e. The summed E-state index contributed by atoms with van der Waals surface area (Å²) in [6, 6.07) is 7.52. The van der Waals surface area contributed by atoms with Crippen molar-refractivity contribution in [3.05, 3.63) is 29.8 Å². The van der Waals surface area contributed by atoms with Gasteiger partial charge in [-0.1, -0.05) is 18.2 Å². The molecule has 5 nitrogen and oxygen atoms in total. The normalized spacial score (nSPS) is 10.1. The molecule has 0 aliphatic carbocycles. The van der Waals surface area contributed by atoms with E-state index in [0.29, 0.717) is 31.6 Å². The van der Waals surface area contributed by atoms with Gasteiger partial charge in [0.05, 0.1) is 6.54 Å². The highest BCUT2D eigenvalue weighted by Gasteiger charge is 2.15. The summed E-state index contributed by atoms with van der Waals surface area (Å²) in [5.41, 5.74) is 7.52. The summed E-state index contributed by atoms with van der Waals surface area (Å²) in [6.07, 6.45) is 0.957. The van der Waals surface area contributed by atoms with Gasteiger partial charge in [-0.05, 0) is 31.9 Å². The Morgan fingerprint density at radius 2 is 1.95 bits per heavy atom. The average molecular weight is 277 g/mol. The summed E-state index contributed by atoms with van der Waals surface area (Å²) >= 11 is 0. The van der Waals surface area contributed by atoms with E-state index in [1.165, 1.54) is 0 Å². The molecular formula is C15H23N3O2. The molecule has 5 heteroatoms. The topological polar surface area (TPSA) is 75.4 Å². The Labute approximate surface area is 120 Å². The first-order valence-electron chi connectivity index (χ1n) is 6.96. The van der Waals surface area contributed by atoms with Gasteiger partial charge in [0, 0.05) is 25.2 Å². The van der Waals surface area contributed by atoms with E-state index in [2.05, 4.69) is 5.32 Å². The number of carbonyl (C=O) groups excluding carboxylic acids is 2. The lowest BCUT2D eigenvalue weighted by molar-refractivity contribution is -0.135. The monoisotopic (exact) mass is 277 g/mol. The minimum absolute atomic E-state index is 0.0259. The Kier molecular flexibility index (Phi) is 6.56. The van der Waals surface area contributed by atoms with Crippen LogP contribution in [0.4, 0.5) is 5.69 Å². The Morgan fingerprint density at radius 1 is 1.25 bits per heavy atom. The molecule has 0 unspecified atom stereocenters. The van der Waals surface area contributed by atoms with Gasteiger partial charge >= 0.3 is 0 Å². The fourth-order valence-corrected chi connectivity index (χ4v) is 1.96. The second kappa shape index (κ2) is 8.19. The van der Waals surface area contributed by atoms with Crippen molar-refractivity contribution in [2.45, 2.75) is 26.7 Å². The van der Waals surface area contributed by atoms with Crippen molar-refractivity contribution < 1.29 is 9.59 Å². The lowest BCUT2D eigenvalue weighted by atomic mass is 10.1. The van der Waals surface area contributed by atoms with Gasteiger partial charge in [-0.2, -0.15) is 0 Å². The highest BCUT2D eigenvalue weighted by atomic mass is 16.2. The molecule has 110 valence electrons. The van der Waals surface area contributed by atoms with Gasteiger partial charge in [-0.3, -0.25) is 9.59 Å². The first-order chi connectivity index (χ1) is 9.58. The van der Waals surface area contributed by atoms with Crippen LogP contribution in [0.2, 0.25) is 0 Å². The molecule has 1 aromatic rings. The van der Waals surface area contributed by atoms with Crippen LogP contribution in [0.5, 0.6) is 0 Å². The lowest BCUT2D eigenvalue weighted by Crippen LogP contribution is -2.40. The van der Waals surface area contributed by atoms with Crippen LogP contribution in [-0.4, -0.2) is 36.3 Å². The van der Waals surface area contributed by atoms with Crippen molar-refractivity contribution >= 4 is 17.5 Å². The van der Waals surface area contributed by atoms with E-state index in [0.717, 1.165) is 5.56 Å². The summed E-state index contributed by atoms with van der Waals surface area (Å²) in [6.45, 7) is 4.95. The van der Waals surface area contributed by atoms with E-state index in [-0.39, 0.29) is 18.4 Å². The van der Waals surface area contributed by atoms with Crippen molar-refractivity contribution in [2.75, 3.05) is 25.4 Å². The Bertz CT molecular complexity index is 460. The van der Waals surface area contributed by atoms with E-state index in [1.807, 2.05) is 38.1 Å². The Morgan fingerprint density at radius 3 is 2.55 bits per heavy atom. The van der Waals surface area contributed by atoms with Crippen LogP contribution in [0.15, 0.2) is 24.3 Å². The molecule has 0 saturated carbocycles. The Balaban J connectivity index is 2.51. The lowest BCUT2D eigenvalue weighted by Gasteiger charge is -2.20. The van der Waals surface area contributed by atoms with Crippen LogP contribution in [0.1, 0.15) is 25.8 Å². The number of nitrogens with two attached hydrogens (primary N) is 1. The smallest absolute Gasteiger partial charge is 0.239 e. The van der Waals surface area contributed by atoms with Gasteiger partial charge in [0.25, 0.3) is 0 Å². The van der Waals surface area contributed by atoms with Crippen LogP contribution in [-0.2, 0) is 16.0 Å². The zero-order valence-corrected chi connectivity index (χ0v) is 12.2. The van der Waals surface area contributed by atoms with E-state index in [1.54, 1.807) is 4.90 Å². The second-order valence-electron chi connectivity index (χ2n) is 4.56. The van der Waals surface area contributed by atoms with E-state index in [9.17, 15) is 9.59 Å². The van der Waals surface area contributed by atoms with Crippen LogP contribution in [0.25, 0.3) is 0 Å². The molecule has 1 rings (SSSR count). The number of anilines is 1. The first-order valence-corrected chi connectivity index (χ1v) is 6.96. The minimum atomic E-state index is -0.123. The van der Waals surface area contributed by atoms with Crippen molar-refractivity contribution in [3.8, 4) is 0 Å². The van der Waals surface area contributed by atoms with Gasteiger partial charge < -0.3 is 16.0 Å². The van der Waals surface area contributed by atoms with Crippen molar-refractivity contribution in [3.63, 3.8) is 0 Å². The Hall–Kier alpha value is -2.04. The SMILES string of the molecule is CCNC(=O)CN(CC)C(=O)CCc1ccccc1N. The van der Waals surface area contributed by atoms with E-state index < -0.39 is 0 Å². The third-order valence-corrected chi connectivity index (χ3v) is 3.11. The highest BCUT2D eigenvalue weighted by Crippen LogP contribution is 2.13. The van der Waals surface area contributed by atoms with Crippen LogP contribution in [0, 0.1) is 0 Å². The molecule has 0 aliphatic heterocycles. The molecular weight excluding hydrogens is 254 g/mol. The first kappa shape index (κ1) is 16.0. The summed E-state index contributed by atoms with van der Waals surface area (Å²) in [4.78, 5) is 25.2. The maximum atomic E-state index is 12.1. The number of nitrogens with one attached hydrogen (secondary N) is 1. The molecule has 0 aromatic heterocycles. The summed E-state index contributed by atoms with van der Waals surface area (Å²) in [5.74, 6) is -0.149. The molecule has 0 fully saturated rings. The summed E-state index contributed by atoms with van der Waals surface area (Å²) in [5, 5.41) is 2.70. The van der Waals surface area contributed by atoms with Crippen molar-refractivity contribution in [1.29, 1.82) is 0 Å². The van der Waals surface area contributed by atoms with Gasteiger partial charge in [-0.25, -0.2) is 0 Å². The van der Waals surface area contributed by atoms with E-state index >= 15 is 0 Å². The van der Waals surface area contributed by atoms with Gasteiger partial charge in [-0.15, -0.1) is 0 Å². The fraction of sp³-hybridized carbons (Fsp3) is 0.467. The molecule has 2 amide bonds. The number of likely N-dealkylation sites (N-methyl/N-ethyl adjacent to an activating group) is 2. The zero-order chi connectivity index (χ0) is 15.0. The quantitative estimate of drug-likeness (QED) is 0.735. The fourth-order valence-electron chi connectivity index (χ4n) is 1.96. The van der Waals surface area contributed by atoms with Gasteiger partial charge in [0.2, 0.25) is 11.8 Å². The second-order valence-corrected chi connectivity index (χ2v) is 4.56. The number of rotatable bonds is 7. The number of hydrogen-bond acceptors (Lipinski definition) is 3. The van der Waals surface area contributed by atoms with Gasteiger partial charge in [0.1, 0.15) is 0 Å². The molecule has 0 atom stereocenters. The third-order valence-electron chi connectivity index (χ3n) is 3.11. The number of amides is 2. The molecule has 0 spiro atoms. The predicted molar refractivity (Wildman–Crippen MR) is 80.1 cm³/mol. The molecule has 0 heterocycles. The standard InChI is InChI=1S/C15H23N3O2/c1-3-17-14(19)11-18(4-2)15(20)10-9-12-7-5-6-8-13(12)16/h5-8H,3-4,9-11,16H2,1-2H3,(H,17,19). The number of para-hydroxylation sites is 1. The van der Waals surface area contributed by atoms with Gasteiger partial charge in [0.15, 0.2) is 0 Å². The molecule has 3 N–H and O–H groups in total. The van der Waals surface area contributed by atoms with Crippen LogP contribution >= 0.6 is 0 Å². The molecule has 0 aliphatic rings. The van der Waals surface area contributed by atoms with Crippen LogP contribution in [0.3, 0.4) is 0 Å². The summed E-state index contributed by atoms with van der Waals surface area (Å²) in [7, 11) is 0. The molecule has 0 saturated heterocycles. The molecule has 0 bridgehead atoms. The third kappa shape index (κ3) is 4.91. The molecule has 20 heavy (non-hydrogen) atoms. The number of aryl methyl sites for hydroxylation is 1. The number of nitrogen functional groups attached to an aromatic ring is 1. The van der Waals surface area contributed by atoms with E-state index in [4.69, 9.17) is 5.73 Å². The largest absolute Gasteiger partial charge is 0.399 e. The molecule has 1 aromatic carbocycles. The predicted octanol–water partition coefficient (Wildman–Crippen LogP) is 1.19. The maximum absolute atomic E-state index is 12.1. The number of nitrogens with zero attached hydrogens (tertiary/aromatic N) is 1. The highest BCUT2D eigenvalue weighted by molar-refractivity contribution is 5.84. The molecule has 0 radical (unpaired) electrons. The number of carbonyl (C=O) groups is 2. The average Bonchev–Trinajstić information content (AvgIpc) is 2.44. The van der Waals surface area contributed by atoms with Crippen molar-refractivity contribution in [1.82, 2.24) is 10.2 Å². The number of benzene rings is 1. The van der Waals surface area contributed by atoms with Crippen molar-refractivity contribution in [2.24, 2.45) is 0 Å².